The van der Waals surface area contributed by atoms with Crippen LogP contribution in [0.4, 0.5) is 0 Å². The van der Waals surface area contributed by atoms with Crippen molar-refractivity contribution in [2.24, 2.45) is 0 Å². The monoisotopic (exact) mass is 492 g/mol. The van der Waals surface area contributed by atoms with E-state index in [0.29, 0.717) is 17.8 Å². The summed E-state index contributed by atoms with van der Waals surface area (Å²) in [6.07, 6.45) is 3.43. The molecule has 0 aliphatic heterocycles. The molecule has 3 aromatic rings. The van der Waals surface area contributed by atoms with Crippen molar-refractivity contribution >= 4 is 0 Å². The van der Waals surface area contributed by atoms with Gasteiger partial charge in [-0.05, 0) is 70.4 Å². The molecule has 0 saturated carbocycles. The number of aliphatic hydroxyl groups excluding tert-OH is 3. The number of benzene rings is 3. The summed E-state index contributed by atoms with van der Waals surface area (Å²) >= 11 is 0. The minimum absolute atomic E-state index is 0.140. The molecule has 0 aromatic heterocycles. The Bertz CT molecular complexity index is 965. The van der Waals surface area contributed by atoms with Crippen LogP contribution in [0.25, 0.3) is 0 Å². The number of rotatable bonds is 9. The molecule has 0 aliphatic carbocycles. The van der Waals surface area contributed by atoms with Crippen LogP contribution in [-0.2, 0) is 19.8 Å². The lowest BCUT2D eigenvalue weighted by Crippen LogP contribution is -1.97. The molecule has 3 atom stereocenters. The normalized spacial score (nSPS) is 12.9. The van der Waals surface area contributed by atoms with Crippen molar-refractivity contribution in [1.29, 1.82) is 0 Å². The maximum absolute atomic E-state index is 9.06. The van der Waals surface area contributed by atoms with Gasteiger partial charge in [0.05, 0.1) is 19.8 Å². The van der Waals surface area contributed by atoms with Crippen molar-refractivity contribution in [2.75, 3.05) is 0 Å². The van der Waals surface area contributed by atoms with E-state index in [1.165, 1.54) is 23.1 Å². The second kappa shape index (κ2) is 17.9. The maximum Gasteiger partial charge on any atom is 0.0684 e. The van der Waals surface area contributed by atoms with Crippen LogP contribution in [0.15, 0.2) is 72.8 Å². The first-order chi connectivity index (χ1) is 17.3. The van der Waals surface area contributed by atoms with Crippen LogP contribution in [0, 0.1) is 0 Å². The Morgan fingerprint density at radius 1 is 0.528 bits per heavy atom. The van der Waals surface area contributed by atoms with Crippen LogP contribution >= 0.6 is 0 Å². The Kier molecular flexibility index (Phi) is 15.7. The Morgan fingerprint density at radius 2 is 1.08 bits per heavy atom. The van der Waals surface area contributed by atoms with Gasteiger partial charge in [0.2, 0.25) is 0 Å². The lowest BCUT2D eigenvalue weighted by atomic mass is 9.94. The molecule has 0 radical (unpaired) electrons. The molecule has 36 heavy (non-hydrogen) atoms. The fourth-order valence-electron chi connectivity index (χ4n) is 3.80. The van der Waals surface area contributed by atoms with Gasteiger partial charge in [-0.15, -0.1) is 0 Å². The number of aliphatic hydroxyl groups is 3. The largest absolute Gasteiger partial charge is 0.392 e. The molecule has 3 heteroatoms. The average Bonchev–Trinajstić information content (AvgIpc) is 2.96. The molecule has 3 N–H and O–H groups in total. The first-order valence-corrected chi connectivity index (χ1v) is 13.4. The Hall–Kier alpha value is -2.46. The summed E-state index contributed by atoms with van der Waals surface area (Å²) in [7, 11) is 0. The minimum atomic E-state index is 0.140. The molecular weight excluding hydrogens is 444 g/mol. The standard InChI is InChI=1S/3C11H16O/c1-3-9(2)11-6-4-10(8-12)5-7-11;1-3-9(2)11-6-4-5-10(7-11)8-12;1-3-9(2)11-7-5-4-6-10(11)8-12/h3*4-7,9,12H,3,8H2,1-2H3. The molecule has 0 heterocycles. The smallest absolute Gasteiger partial charge is 0.0684 e. The van der Waals surface area contributed by atoms with Crippen molar-refractivity contribution < 1.29 is 15.3 Å². The predicted molar refractivity (Wildman–Crippen MR) is 153 cm³/mol. The lowest BCUT2D eigenvalue weighted by Gasteiger charge is -2.12. The molecule has 0 amide bonds. The van der Waals surface area contributed by atoms with Crippen molar-refractivity contribution in [3.63, 3.8) is 0 Å². The molecule has 3 unspecified atom stereocenters. The van der Waals surface area contributed by atoms with Crippen LogP contribution in [0.5, 0.6) is 0 Å². The van der Waals surface area contributed by atoms with Gasteiger partial charge in [-0.25, -0.2) is 0 Å². The van der Waals surface area contributed by atoms with E-state index in [1.54, 1.807) is 0 Å². The summed E-state index contributed by atoms with van der Waals surface area (Å²) < 4.78 is 0. The van der Waals surface area contributed by atoms with Crippen LogP contribution in [0.2, 0.25) is 0 Å². The summed E-state index contributed by atoms with van der Waals surface area (Å²) in [6.45, 7) is 13.6. The van der Waals surface area contributed by atoms with E-state index in [2.05, 4.69) is 71.9 Å². The van der Waals surface area contributed by atoms with Gasteiger partial charge >= 0.3 is 0 Å². The van der Waals surface area contributed by atoms with Gasteiger partial charge in [0, 0.05) is 0 Å². The van der Waals surface area contributed by atoms with Gasteiger partial charge < -0.3 is 15.3 Å². The Balaban J connectivity index is 0.000000270. The fraction of sp³-hybridized carbons (Fsp3) is 0.455. The van der Waals surface area contributed by atoms with E-state index >= 15 is 0 Å². The van der Waals surface area contributed by atoms with Crippen molar-refractivity contribution in [3.8, 4) is 0 Å². The summed E-state index contributed by atoms with van der Waals surface area (Å²) in [5.74, 6) is 1.77. The van der Waals surface area contributed by atoms with Crippen LogP contribution < -0.4 is 0 Å². The second-order valence-corrected chi connectivity index (χ2v) is 9.59. The molecule has 3 rings (SSSR count). The first-order valence-electron chi connectivity index (χ1n) is 13.4. The van der Waals surface area contributed by atoms with Crippen LogP contribution in [-0.4, -0.2) is 15.3 Å². The predicted octanol–water partition coefficient (Wildman–Crippen LogP) is 8.08. The highest BCUT2D eigenvalue weighted by Gasteiger charge is 2.06. The molecule has 0 fully saturated rings. The van der Waals surface area contributed by atoms with Crippen LogP contribution in [0.3, 0.4) is 0 Å². The number of hydrogen-bond donors (Lipinski definition) is 3. The third kappa shape index (κ3) is 10.7. The summed E-state index contributed by atoms with van der Waals surface area (Å²) in [6, 6.07) is 24.4. The topological polar surface area (TPSA) is 60.7 Å². The molecule has 0 spiro atoms. The summed E-state index contributed by atoms with van der Waals surface area (Å²) in [4.78, 5) is 0. The minimum Gasteiger partial charge on any atom is -0.392 e. The summed E-state index contributed by atoms with van der Waals surface area (Å²) in [5.41, 5.74) is 7.02. The van der Waals surface area contributed by atoms with Crippen LogP contribution in [0.1, 0.15) is 112 Å². The third-order valence-electron chi connectivity index (χ3n) is 7.03. The quantitative estimate of drug-likeness (QED) is 0.283. The van der Waals surface area contributed by atoms with E-state index in [0.717, 1.165) is 29.5 Å². The molecule has 198 valence electrons. The van der Waals surface area contributed by atoms with Gasteiger partial charge in [-0.2, -0.15) is 0 Å². The van der Waals surface area contributed by atoms with E-state index < -0.39 is 0 Å². The highest BCUT2D eigenvalue weighted by Crippen LogP contribution is 2.22. The van der Waals surface area contributed by atoms with Gasteiger partial charge in [0.15, 0.2) is 0 Å². The van der Waals surface area contributed by atoms with E-state index in [1.807, 2.05) is 42.5 Å². The molecule has 0 saturated heterocycles. The van der Waals surface area contributed by atoms with Gasteiger partial charge in [-0.3, -0.25) is 0 Å². The van der Waals surface area contributed by atoms with Crippen molar-refractivity contribution in [2.45, 2.75) is 98.4 Å². The Labute approximate surface area is 219 Å². The zero-order valence-corrected chi connectivity index (χ0v) is 23.2. The van der Waals surface area contributed by atoms with Gasteiger partial charge in [0.1, 0.15) is 0 Å². The summed E-state index contributed by atoms with van der Waals surface area (Å²) in [5, 5.41) is 26.8. The zero-order valence-electron chi connectivity index (χ0n) is 23.2. The average molecular weight is 493 g/mol. The molecule has 0 bridgehead atoms. The van der Waals surface area contributed by atoms with E-state index in [4.69, 9.17) is 15.3 Å². The van der Waals surface area contributed by atoms with Gasteiger partial charge in [-0.1, -0.05) is 114 Å². The second-order valence-electron chi connectivity index (χ2n) is 9.59. The van der Waals surface area contributed by atoms with Crippen molar-refractivity contribution in [1.82, 2.24) is 0 Å². The fourth-order valence-corrected chi connectivity index (χ4v) is 3.80. The molecule has 0 aliphatic rings. The van der Waals surface area contributed by atoms with Gasteiger partial charge in [0.25, 0.3) is 0 Å². The molecule has 3 nitrogen and oxygen atoms in total. The SMILES string of the molecule is CCC(C)c1ccc(CO)cc1.CCC(C)c1cccc(CO)c1.CCC(C)c1ccccc1CO. The number of hydrogen-bond acceptors (Lipinski definition) is 3. The first kappa shape index (κ1) is 31.6. The molecule has 3 aromatic carbocycles. The zero-order chi connectivity index (χ0) is 26.9. The van der Waals surface area contributed by atoms with Crippen molar-refractivity contribution in [3.05, 3.63) is 106 Å². The van der Waals surface area contributed by atoms with E-state index in [-0.39, 0.29) is 19.8 Å². The maximum atomic E-state index is 9.06. The Morgan fingerprint density at radius 3 is 1.61 bits per heavy atom. The molecular formula is C33H48O3. The van der Waals surface area contributed by atoms with E-state index in [9.17, 15) is 0 Å². The highest BCUT2D eigenvalue weighted by molar-refractivity contribution is 5.29. The lowest BCUT2D eigenvalue weighted by molar-refractivity contribution is 0.280. The third-order valence-corrected chi connectivity index (χ3v) is 7.03. The highest BCUT2D eigenvalue weighted by atomic mass is 16.3.